The van der Waals surface area contributed by atoms with Crippen LogP contribution < -0.4 is 4.90 Å². The van der Waals surface area contributed by atoms with Crippen molar-refractivity contribution in [1.29, 1.82) is 0 Å². The Morgan fingerprint density at radius 3 is 2.83 bits per heavy atom. The van der Waals surface area contributed by atoms with Gasteiger partial charge in [-0.3, -0.25) is 0 Å². The predicted octanol–water partition coefficient (Wildman–Crippen LogP) is 1.69. The molecule has 1 N–H and O–H groups in total. The van der Waals surface area contributed by atoms with E-state index in [1.165, 1.54) is 11.3 Å². The molecule has 98 valence electrons. The summed E-state index contributed by atoms with van der Waals surface area (Å²) in [5, 5.41) is 9.57. The van der Waals surface area contributed by atoms with Crippen LogP contribution in [0.15, 0.2) is 24.3 Å². The van der Waals surface area contributed by atoms with Crippen LogP contribution in [0.1, 0.15) is 12.5 Å². The predicted molar refractivity (Wildman–Crippen MR) is 71.9 cm³/mol. The summed E-state index contributed by atoms with van der Waals surface area (Å²) in [5.41, 5.74) is 2.74. The molecule has 1 unspecified atom stereocenters. The van der Waals surface area contributed by atoms with E-state index in [-0.39, 0.29) is 12.0 Å². The molecule has 1 aromatic rings. The summed E-state index contributed by atoms with van der Waals surface area (Å²) in [6.45, 7) is 5.89. The van der Waals surface area contributed by atoms with Crippen molar-refractivity contribution >= 4 is 5.69 Å². The molecule has 0 amide bonds. The highest BCUT2D eigenvalue weighted by atomic mass is 16.5. The van der Waals surface area contributed by atoms with Crippen molar-refractivity contribution in [3.63, 3.8) is 0 Å². The number of hydrogen-bond acceptors (Lipinski definition) is 3. The smallest absolute Gasteiger partial charge is 0.0584 e. The molecule has 0 aromatic heterocycles. The zero-order valence-corrected chi connectivity index (χ0v) is 10.9. The molecule has 3 nitrogen and oxygen atoms in total. The van der Waals surface area contributed by atoms with Gasteiger partial charge in [-0.25, -0.2) is 0 Å². The second-order valence-electron chi connectivity index (χ2n) is 5.97. The SMILES string of the molecule is CC1Cc2ccccc2N(CC2(CO)COC2)C1. The standard InChI is InChI=1S/C15H21NO2/c1-12-6-13-4-2-3-5-14(13)16(7-12)8-15(9-17)10-18-11-15/h2-5,12,17H,6-11H2,1H3. The van der Waals surface area contributed by atoms with Crippen LogP contribution in [0.4, 0.5) is 5.69 Å². The molecular formula is C15H21NO2. The first-order chi connectivity index (χ1) is 8.72. The van der Waals surface area contributed by atoms with Crippen molar-refractivity contribution in [2.75, 3.05) is 37.8 Å². The highest BCUT2D eigenvalue weighted by Gasteiger charge is 2.40. The number of para-hydroxylation sites is 1. The Morgan fingerprint density at radius 1 is 1.39 bits per heavy atom. The zero-order valence-electron chi connectivity index (χ0n) is 10.9. The molecule has 0 aliphatic carbocycles. The molecule has 3 heteroatoms. The molecule has 1 fully saturated rings. The van der Waals surface area contributed by atoms with Crippen LogP contribution in [0.5, 0.6) is 0 Å². The second-order valence-corrected chi connectivity index (χ2v) is 5.97. The van der Waals surface area contributed by atoms with Crippen molar-refractivity contribution in [1.82, 2.24) is 0 Å². The lowest BCUT2D eigenvalue weighted by molar-refractivity contribution is -0.131. The van der Waals surface area contributed by atoms with Crippen LogP contribution in [0, 0.1) is 11.3 Å². The van der Waals surface area contributed by atoms with Gasteiger partial charge in [-0.15, -0.1) is 0 Å². The molecule has 1 aromatic carbocycles. The highest BCUT2D eigenvalue weighted by Crippen LogP contribution is 2.35. The Bertz CT molecular complexity index is 423. The average Bonchev–Trinajstić information content (AvgIpc) is 2.33. The maximum atomic E-state index is 9.57. The van der Waals surface area contributed by atoms with Crippen LogP contribution in [0.25, 0.3) is 0 Å². The lowest BCUT2D eigenvalue weighted by atomic mass is 9.84. The fourth-order valence-electron chi connectivity index (χ4n) is 3.08. The van der Waals surface area contributed by atoms with Crippen molar-refractivity contribution in [3.05, 3.63) is 29.8 Å². The van der Waals surface area contributed by atoms with Gasteiger partial charge in [-0.2, -0.15) is 0 Å². The van der Waals surface area contributed by atoms with Gasteiger partial charge in [0.1, 0.15) is 0 Å². The van der Waals surface area contributed by atoms with E-state index < -0.39 is 0 Å². The third-order valence-electron chi connectivity index (χ3n) is 4.11. The maximum absolute atomic E-state index is 9.57. The van der Waals surface area contributed by atoms with Gasteiger partial charge >= 0.3 is 0 Å². The number of ether oxygens (including phenoxy) is 1. The molecule has 2 aliphatic rings. The molecule has 3 rings (SSSR count). The van der Waals surface area contributed by atoms with Crippen LogP contribution in [0.3, 0.4) is 0 Å². The molecule has 18 heavy (non-hydrogen) atoms. The van der Waals surface area contributed by atoms with Gasteiger partial charge < -0.3 is 14.7 Å². The minimum atomic E-state index is -0.0375. The Kier molecular flexibility index (Phi) is 3.04. The summed E-state index contributed by atoms with van der Waals surface area (Å²) in [4.78, 5) is 2.43. The second kappa shape index (κ2) is 4.56. The van der Waals surface area contributed by atoms with E-state index >= 15 is 0 Å². The number of benzene rings is 1. The molecular weight excluding hydrogens is 226 g/mol. The summed E-state index contributed by atoms with van der Waals surface area (Å²) in [6, 6.07) is 8.64. The lowest BCUT2D eigenvalue weighted by Gasteiger charge is -2.46. The Hall–Kier alpha value is -1.06. The van der Waals surface area contributed by atoms with Gasteiger partial charge in [0.05, 0.1) is 25.2 Å². The summed E-state index contributed by atoms with van der Waals surface area (Å²) >= 11 is 0. The monoisotopic (exact) mass is 247 g/mol. The molecule has 1 atom stereocenters. The summed E-state index contributed by atoms with van der Waals surface area (Å²) in [5.74, 6) is 0.677. The van der Waals surface area contributed by atoms with Crippen molar-refractivity contribution < 1.29 is 9.84 Å². The van der Waals surface area contributed by atoms with Crippen LogP contribution in [-0.2, 0) is 11.2 Å². The van der Waals surface area contributed by atoms with E-state index in [1.807, 2.05) is 0 Å². The number of nitrogens with zero attached hydrogens (tertiary/aromatic N) is 1. The number of rotatable bonds is 3. The molecule has 0 saturated carbocycles. The third-order valence-corrected chi connectivity index (χ3v) is 4.11. The number of fused-ring (bicyclic) bond motifs is 1. The minimum Gasteiger partial charge on any atom is -0.396 e. The van der Waals surface area contributed by atoms with E-state index in [9.17, 15) is 5.11 Å². The fourth-order valence-corrected chi connectivity index (χ4v) is 3.08. The molecule has 1 saturated heterocycles. The number of aliphatic hydroxyl groups excluding tert-OH is 1. The van der Waals surface area contributed by atoms with Gasteiger partial charge in [0.25, 0.3) is 0 Å². The fraction of sp³-hybridized carbons (Fsp3) is 0.600. The first-order valence-corrected chi connectivity index (χ1v) is 6.74. The number of hydrogen-bond donors (Lipinski definition) is 1. The van der Waals surface area contributed by atoms with E-state index in [0.717, 1.165) is 19.5 Å². The molecule has 0 radical (unpaired) electrons. The normalized spacial score (nSPS) is 25.4. The third kappa shape index (κ3) is 2.02. The van der Waals surface area contributed by atoms with Crippen LogP contribution in [0.2, 0.25) is 0 Å². The molecule has 2 heterocycles. The van der Waals surface area contributed by atoms with E-state index in [0.29, 0.717) is 19.1 Å². The zero-order chi connectivity index (χ0) is 12.6. The molecule has 0 bridgehead atoms. The Labute approximate surface area is 108 Å². The summed E-state index contributed by atoms with van der Waals surface area (Å²) in [7, 11) is 0. The van der Waals surface area contributed by atoms with Gasteiger partial charge in [0.2, 0.25) is 0 Å². The van der Waals surface area contributed by atoms with Crippen molar-refractivity contribution in [2.24, 2.45) is 11.3 Å². The van der Waals surface area contributed by atoms with Crippen molar-refractivity contribution in [2.45, 2.75) is 13.3 Å². The topological polar surface area (TPSA) is 32.7 Å². The maximum Gasteiger partial charge on any atom is 0.0584 e. The first-order valence-electron chi connectivity index (χ1n) is 6.74. The lowest BCUT2D eigenvalue weighted by Crippen LogP contribution is -2.54. The molecule has 0 spiro atoms. The number of aliphatic hydroxyl groups is 1. The van der Waals surface area contributed by atoms with Crippen LogP contribution in [-0.4, -0.2) is 38.0 Å². The summed E-state index contributed by atoms with van der Waals surface area (Å²) < 4.78 is 5.30. The van der Waals surface area contributed by atoms with E-state index in [4.69, 9.17) is 4.74 Å². The summed E-state index contributed by atoms with van der Waals surface area (Å²) in [6.07, 6.45) is 1.16. The van der Waals surface area contributed by atoms with Crippen molar-refractivity contribution in [3.8, 4) is 0 Å². The first kappa shape index (κ1) is 12.0. The number of anilines is 1. The van der Waals surface area contributed by atoms with Gasteiger partial charge in [-0.1, -0.05) is 25.1 Å². The average molecular weight is 247 g/mol. The highest BCUT2D eigenvalue weighted by molar-refractivity contribution is 5.56. The Balaban J connectivity index is 1.84. The van der Waals surface area contributed by atoms with E-state index in [2.05, 4.69) is 36.1 Å². The van der Waals surface area contributed by atoms with Gasteiger partial charge in [-0.05, 0) is 24.0 Å². The quantitative estimate of drug-likeness (QED) is 0.882. The van der Waals surface area contributed by atoms with Crippen LogP contribution >= 0.6 is 0 Å². The molecule has 2 aliphatic heterocycles. The van der Waals surface area contributed by atoms with Gasteiger partial charge in [0, 0.05) is 18.8 Å². The Morgan fingerprint density at radius 2 is 2.17 bits per heavy atom. The van der Waals surface area contributed by atoms with Gasteiger partial charge in [0.15, 0.2) is 0 Å². The largest absolute Gasteiger partial charge is 0.396 e. The minimum absolute atomic E-state index is 0.0375. The van der Waals surface area contributed by atoms with E-state index in [1.54, 1.807) is 0 Å².